The van der Waals surface area contributed by atoms with Gasteiger partial charge in [0.1, 0.15) is 0 Å². The summed E-state index contributed by atoms with van der Waals surface area (Å²) in [6.45, 7) is 0. The number of hydrogen-bond donors (Lipinski definition) is 4. The van der Waals surface area contributed by atoms with Crippen molar-refractivity contribution in [3.05, 3.63) is 145 Å². The number of hydrogen-bond acceptors (Lipinski definition) is 6. The molecule has 0 aliphatic heterocycles. The van der Waals surface area contributed by atoms with E-state index in [1.807, 2.05) is 12.1 Å². The van der Waals surface area contributed by atoms with Crippen molar-refractivity contribution in [3.63, 3.8) is 0 Å². The summed E-state index contributed by atoms with van der Waals surface area (Å²) in [6.07, 6.45) is 5.70. The van der Waals surface area contributed by atoms with Gasteiger partial charge in [0, 0.05) is 35.7 Å². The Kier molecular flexibility index (Phi) is 9.34. The van der Waals surface area contributed by atoms with E-state index in [9.17, 15) is 19.2 Å². The highest BCUT2D eigenvalue weighted by molar-refractivity contribution is 6.44. The van der Waals surface area contributed by atoms with Crippen LogP contribution in [0.25, 0.3) is 0 Å². The number of carbonyl (C=O) groups is 4. The molecule has 4 aromatic rings. The Morgan fingerprint density at radius 1 is 0.425 bits per heavy atom. The summed E-state index contributed by atoms with van der Waals surface area (Å²) in [7, 11) is 0. The second kappa shape index (κ2) is 13.7. The summed E-state index contributed by atoms with van der Waals surface area (Å²) in [4.78, 5) is 50.0. The number of rotatable bonds is 10. The first-order valence-electron chi connectivity index (χ1n) is 12.4. The smallest absolute Gasteiger partial charge is 0.314 e. The molecule has 0 bridgehead atoms. The Balaban J connectivity index is 1.36. The molecule has 4 rings (SSSR count). The van der Waals surface area contributed by atoms with Gasteiger partial charge in [-0.05, 0) is 24.3 Å². The lowest BCUT2D eigenvalue weighted by molar-refractivity contribution is -0.132. The first-order valence-corrected chi connectivity index (χ1v) is 12.4. The third-order valence-corrected chi connectivity index (χ3v) is 5.62. The standard InChI is InChI=1S/C32H26N4O4/c37-29(23-11-3-1-4-12-23)19-21-33-25-15-7-9-17-27(25)35-31(39)32(40)36-28-18-10-8-16-26(28)34-22-20-30(38)24-13-5-2-6-14-24/h1-22,33-34H,(H,35,39)(H,36,40)/b21-19+,22-20+. The van der Waals surface area contributed by atoms with E-state index in [-0.39, 0.29) is 11.6 Å². The molecular weight excluding hydrogens is 504 g/mol. The van der Waals surface area contributed by atoms with Crippen LogP contribution in [0.5, 0.6) is 0 Å². The van der Waals surface area contributed by atoms with E-state index < -0.39 is 11.8 Å². The fourth-order valence-corrected chi connectivity index (χ4v) is 3.61. The van der Waals surface area contributed by atoms with Gasteiger partial charge in [0.05, 0.1) is 22.7 Å². The predicted molar refractivity (Wildman–Crippen MR) is 157 cm³/mol. The molecule has 8 heteroatoms. The highest BCUT2D eigenvalue weighted by atomic mass is 16.2. The molecular formula is C32H26N4O4. The fraction of sp³-hybridized carbons (Fsp3) is 0. The van der Waals surface area contributed by atoms with Gasteiger partial charge >= 0.3 is 11.8 Å². The quantitative estimate of drug-likeness (QED) is 0.116. The van der Waals surface area contributed by atoms with Gasteiger partial charge in [0.25, 0.3) is 0 Å². The van der Waals surface area contributed by atoms with Gasteiger partial charge in [0.2, 0.25) is 0 Å². The van der Waals surface area contributed by atoms with Crippen molar-refractivity contribution < 1.29 is 19.2 Å². The maximum absolute atomic E-state index is 12.7. The van der Waals surface area contributed by atoms with E-state index >= 15 is 0 Å². The first-order chi connectivity index (χ1) is 19.5. The molecule has 0 fully saturated rings. The zero-order valence-corrected chi connectivity index (χ0v) is 21.3. The molecule has 0 saturated carbocycles. The molecule has 0 atom stereocenters. The van der Waals surface area contributed by atoms with E-state index in [4.69, 9.17) is 0 Å². The van der Waals surface area contributed by atoms with Crippen LogP contribution >= 0.6 is 0 Å². The summed E-state index contributed by atoms with van der Waals surface area (Å²) in [5.74, 6) is -2.13. The Bertz CT molecular complexity index is 1450. The van der Waals surface area contributed by atoms with Crippen LogP contribution in [-0.4, -0.2) is 23.4 Å². The van der Waals surface area contributed by atoms with Gasteiger partial charge in [-0.1, -0.05) is 84.9 Å². The van der Waals surface area contributed by atoms with E-state index in [0.717, 1.165) is 0 Å². The van der Waals surface area contributed by atoms with Crippen molar-refractivity contribution >= 4 is 46.1 Å². The maximum atomic E-state index is 12.7. The lowest BCUT2D eigenvalue weighted by Crippen LogP contribution is -2.29. The van der Waals surface area contributed by atoms with Gasteiger partial charge in [-0.2, -0.15) is 0 Å². The Labute approximate surface area is 231 Å². The zero-order chi connectivity index (χ0) is 28.2. The Morgan fingerprint density at radius 3 is 1.12 bits per heavy atom. The Morgan fingerprint density at radius 2 is 0.750 bits per heavy atom. The molecule has 0 saturated heterocycles. The van der Waals surface area contributed by atoms with Crippen LogP contribution in [0.1, 0.15) is 20.7 Å². The fourth-order valence-electron chi connectivity index (χ4n) is 3.61. The number of allylic oxidation sites excluding steroid dienone is 2. The molecule has 0 aromatic heterocycles. The SMILES string of the molecule is O=C(Nc1ccccc1N/C=C/C(=O)c1ccccc1)C(=O)Nc1ccccc1N/C=C/C(=O)c1ccccc1. The molecule has 0 aliphatic rings. The molecule has 2 amide bonds. The molecule has 0 heterocycles. The lowest BCUT2D eigenvalue weighted by Gasteiger charge is -2.13. The van der Waals surface area contributed by atoms with E-state index in [2.05, 4.69) is 21.3 Å². The second-order valence-electron chi connectivity index (χ2n) is 8.42. The van der Waals surface area contributed by atoms with E-state index in [0.29, 0.717) is 33.9 Å². The summed E-state index contributed by atoms with van der Waals surface area (Å²) in [5, 5.41) is 11.1. The van der Waals surface area contributed by atoms with Crippen molar-refractivity contribution in [1.82, 2.24) is 0 Å². The van der Waals surface area contributed by atoms with Crippen LogP contribution in [0.15, 0.2) is 134 Å². The number of amides is 2. The van der Waals surface area contributed by atoms with Crippen LogP contribution < -0.4 is 21.3 Å². The Hall–Kier alpha value is -5.76. The number of nitrogens with one attached hydrogen (secondary N) is 4. The van der Waals surface area contributed by atoms with Crippen molar-refractivity contribution in [1.29, 1.82) is 0 Å². The zero-order valence-electron chi connectivity index (χ0n) is 21.3. The van der Waals surface area contributed by atoms with Gasteiger partial charge in [-0.3, -0.25) is 19.2 Å². The molecule has 0 aliphatic carbocycles. The van der Waals surface area contributed by atoms with Crippen molar-refractivity contribution in [2.75, 3.05) is 21.3 Å². The molecule has 4 aromatic carbocycles. The van der Waals surface area contributed by atoms with Gasteiger partial charge in [0.15, 0.2) is 11.6 Å². The number of anilines is 4. The monoisotopic (exact) mass is 530 g/mol. The highest BCUT2D eigenvalue weighted by Gasteiger charge is 2.17. The number of carbonyl (C=O) groups excluding carboxylic acids is 4. The molecule has 40 heavy (non-hydrogen) atoms. The second-order valence-corrected chi connectivity index (χ2v) is 8.42. The number of para-hydroxylation sites is 4. The maximum Gasteiger partial charge on any atom is 0.314 e. The van der Waals surface area contributed by atoms with E-state index in [1.54, 1.807) is 97.1 Å². The minimum Gasteiger partial charge on any atom is -0.360 e. The molecule has 8 nitrogen and oxygen atoms in total. The van der Waals surface area contributed by atoms with Crippen LogP contribution in [0.2, 0.25) is 0 Å². The van der Waals surface area contributed by atoms with Crippen LogP contribution in [-0.2, 0) is 9.59 Å². The third-order valence-electron chi connectivity index (χ3n) is 5.62. The van der Waals surface area contributed by atoms with Gasteiger partial charge in [-0.25, -0.2) is 0 Å². The lowest BCUT2D eigenvalue weighted by atomic mass is 10.1. The third kappa shape index (κ3) is 7.62. The van der Waals surface area contributed by atoms with Crippen molar-refractivity contribution in [3.8, 4) is 0 Å². The summed E-state index contributed by atoms with van der Waals surface area (Å²) >= 11 is 0. The molecule has 198 valence electrons. The molecule has 0 radical (unpaired) electrons. The highest BCUT2D eigenvalue weighted by Crippen LogP contribution is 2.23. The molecule has 0 spiro atoms. The number of benzene rings is 4. The van der Waals surface area contributed by atoms with Crippen LogP contribution in [0, 0.1) is 0 Å². The average molecular weight is 531 g/mol. The minimum absolute atomic E-state index is 0.180. The van der Waals surface area contributed by atoms with Crippen molar-refractivity contribution in [2.24, 2.45) is 0 Å². The molecule has 4 N–H and O–H groups in total. The average Bonchev–Trinajstić information content (AvgIpc) is 2.99. The number of ketones is 2. The largest absolute Gasteiger partial charge is 0.360 e. The van der Waals surface area contributed by atoms with Crippen LogP contribution in [0.4, 0.5) is 22.7 Å². The van der Waals surface area contributed by atoms with Gasteiger partial charge in [-0.15, -0.1) is 0 Å². The predicted octanol–water partition coefficient (Wildman–Crippen LogP) is 5.88. The topological polar surface area (TPSA) is 116 Å². The summed E-state index contributed by atoms with van der Waals surface area (Å²) in [6, 6.07) is 31.2. The van der Waals surface area contributed by atoms with Crippen LogP contribution in [0.3, 0.4) is 0 Å². The van der Waals surface area contributed by atoms with E-state index in [1.165, 1.54) is 24.6 Å². The summed E-state index contributed by atoms with van der Waals surface area (Å²) in [5.41, 5.74) is 2.80. The summed E-state index contributed by atoms with van der Waals surface area (Å²) < 4.78 is 0. The van der Waals surface area contributed by atoms with Crippen molar-refractivity contribution in [2.45, 2.75) is 0 Å². The molecule has 0 unspecified atom stereocenters. The minimum atomic E-state index is -0.886. The van der Waals surface area contributed by atoms with Gasteiger partial charge < -0.3 is 21.3 Å². The normalized spacial score (nSPS) is 10.7. The first kappa shape index (κ1) is 27.3.